The van der Waals surface area contributed by atoms with Gasteiger partial charge >= 0.3 is 5.97 Å². The minimum Gasteiger partial charge on any atom is -0.481 e. The highest BCUT2D eigenvalue weighted by Crippen LogP contribution is 2.00. The Hall–Kier alpha value is -1.85. The number of carbonyl (C=O) groups excluding carboxylic acids is 1. The van der Waals surface area contributed by atoms with Crippen molar-refractivity contribution in [2.24, 2.45) is 13.0 Å². The molecule has 1 aromatic heterocycles. The number of carboxylic acid groups (broad SMARTS) is 1. The molecule has 2 N–H and O–H groups in total. The monoisotopic (exact) mass is 225 g/mol. The lowest BCUT2D eigenvalue weighted by Crippen LogP contribution is -2.27. The average Bonchev–Trinajstić information content (AvgIpc) is 2.64. The summed E-state index contributed by atoms with van der Waals surface area (Å²) in [5.41, 5.74) is 0.338. The summed E-state index contributed by atoms with van der Waals surface area (Å²) in [6, 6.07) is 0. The van der Waals surface area contributed by atoms with Gasteiger partial charge in [-0.1, -0.05) is 6.92 Å². The van der Waals surface area contributed by atoms with Gasteiger partial charge in [-0.2, -0.15) is 0 Å². The topological polar surface area (TPSA) is 84.2 Å². The lowest BCUT2D eigenvalue weighted by molar-refractivity contribution is -0.141. The van der Waals surface area contributed by atoms with Gasteiger partial charge in [-0.3, -0.25) is 9.59 Å². The van der Waals surface area contributed by atoms with Gasteiger partial charge in [0.15, 0.2) is 0 Å². The smallest absolute Gasteiger partial charge is 0.306 e. The van der Waals surface area contributed by atoms with E-state index in [1.807, 2.05) is 0 Å². The van der Waals surface area contributed by atoms with Gasteiger partial charge in [-0.15, -0.1) is 0 Å². The largest absolute Gasteiger partial charge is 0.481 e. The molecule has 6 heteroatoms. The number of rotatable bonds is 5. The van der Waals surface area contributed by atoms with E-state index in [1.54, 1.807) is 24.7 Å². The number of carbonyl (C=O) groups is 2. The van der Waals surface area contributed by atoms with Crippen LogP contribution in [0, 0.1) is 5.92 Å². The molecule has 0 aromatic carbocycles. The van der Waals surface area contributed by atoms with Gasteiger partial charge in [0.2, 0.25) is 0 Å². The molecule has 1 atom stereocenters. The van der Waals surface area contributed by atoms with Gasteiger partial charge in [0.1, 0.15) is 5.69 Å². The normalized spacial score (nSPS) is 12.1. The lowest BCUT2D eigenvalue weighted by Gasteiger charge is -2.06. The Morgan fingerprint density at radius 1 is 1.62 bits per heavy atom. The van der Waals surface area contributed by atoms with Gasteiger partial charge in [-0.05, 0) is 6.42 Å². The zero-order valence-corrected chi connectivity index (χ0v) is 9.30. The van der Waals surface area contributed by atoms with Crippen LogP contribution in [0.15, 0.2) is 12.5 Å². The summed E-state index contributed by atoms with van der Waals surface area (Å²) < 4.78 is 1.68. The number of nitrogens with one attached hydrogen (secondary N) is 1. The number of carboxylic acids is 1. The second kappa shape index (κ2) is 5.29. The quantitative estimate of drug-likeness (QED) is 0.752. The summed E-state index contributed by atoms with van der Waals surface area (Å²) >= 11 is 0. The van der Waals surface area contributed by atoms with Crippen molar-refractivity contribution in [2.45, 2.75) is 13.3 Å². The summed E-state index contributed by atoms with van der Waals surface area (Å²) in [6.07, 6.45) is 3.55. The van der Waals surface area contributed by atoms with E-state index in [4.69, 9.17) is 5.11 Å². The maximum atomic E-state index is 11.5. The molecule has 16 heavy (non-hydrogen) atoms. The fraction of sp³-hybridized carbons (Fsp3) is 0.500. The molecule has 0 bridgehead atoms. The molecule has 0 aliphatic heterocycles. The van der Waals surface area contributed by atoms with E-state index in [-0.39, 0.29) is 5.91 Å². The molecule has 1 heterocycles. The van der Waals surface area contributed by atoms with E-state index in [1.165, 1.54) is 6.33 Å². The molecule has 0 radical (unpaired) electrons. The highest BCUT2D eigenvalue weighted by molar-refractivity contribution is 5.91. The van der Waals surface area contributed by atoms with Crippen LogP contribution in [-0.4, -0.2) is 33.1 Å². The zero-order valence-electron chi connectivity index (χ0n) is 9.30. The molecule has 0 saturated carbocycles. The molecule has 1 amide bonds. The van der Waals surface area contributed by atoms with Crippen LogP contribution < -0.4 is 5.32 Å². The molecular formula is C10H15N3O3. The number of amides is 1. The number of hydrogen-bond donors (Lipinski definition) is 2. The van der Waals surface area contributed by atoms with Crippen LogP contribution in [0.1, 0.15) is 23.8 Å². The molecular weight excluding hydrogens is 210 g/mol. The van der Waals surface area contributed by atoms with Gasteiger partial charge in [0.05, 0.1) is 12.2 Å². The molecule has 1 unspecified atom stereocenters. The first-order valence-corrected chi connectivity index (χ1v) is 4.99. The Labute approximate surface area is 93.3 Å². The van der Waals surface area contributed by atoms with E-state index in [2.05, 4.69) is 10.3 Å². The fourth-order valence-electron chi connectivity index (χ4n) is 1.15. The molecule has 0 spiro atoms. The average molecular weight is 225 g/mol. The standard InChI is InChI=1S/C10H15N3O3/c1-7(10(15)16)3-4-11-9(14)8-5-13(2)6-12-8/h5-7H,3-4H2,1-2H3,(H,11,14)(H,15,16). The van der Waals surface area contributed by atoms with Crippen LogP contribution in [0.3, 0.4) is 0 Å². The van der Waals surface area contributed by atoms with E-state index < -0.39 is 11.9 Å². The summed E-state index contributed by atoms with van der Waals surface area (Å²) in [4.78, 5) is 25.9. The third-order valence-electron chi connectivity index (χ3n) is 2.22. The molecule has 0 fully saturated rings. The minimum absolute atomic E-state index is 0.279. The van der Waals surface area contributed by atoms with Crippen molar-refractivity contribution in [3.05, 3.63) is 18.2 Å². The number of aryl methyl sites for hydroxylation is 1. The summed E-state index contributed by atoms with van der Waals surface area (Å²) in [6.45, 7) is 1.94. The third-order valence-corrected chi connectivity index (χ3v) is 2.22. The second-order valence-electron chi connectivity index (χ2n) is 3.71. The molecule has 0 aliphatic carbocycles. The van der Waals surface area contributed by atoms with Gasteiger partial charge in [0, 0.05) is 19.8 Å². The molecule has 0 saturated heterocycles. The first-order chi connectivity index (χ1) is 7.50. The Kier molecular flexibility index (Phi) is 4.04. The molecule has 88 valence electrons. The van der Waals surface area contributed by atoms with Crippen molar-refractivity contribution in [2.75, 3.05) is 6.54 Å². The second-order valence-corrected chi connectivity index (χ2v) is 3.71. The maximum absolute atomic E-state index is 11.5. The van der Waals surface area contributed by atoms with Crippen LogP contribution in [0.25, 0.3) is 0 Å². The Balaban J connectivity index is 2.34. The van der Waals surface area contributed by atoms with Gasteiger partial charge in [0.25, 0.3) is 5.91 Å². The van der Waals surface area contributed by atoms with E-state index >= 15 is 0 Å². The summed E-state index contributed by atoms with van der Waals surface area (Å²) in [5, 5.41) is 11.3. The SMILES string of the molecule is CC(CCNC(=O)c1cn(C)cn1)C(=O)O. The predicted octanol–water partition coefficient (Wildman–Crippen LogP) is 0.261. The molecule has 6 nitrogen and oxygen atoms in total. The molecule has 1 aromatic rings. The number of hydrogen-bond acceptors (Lipinski definition) is 3. The number of nitrogens with zero attached hydrogens (tertiary/aromatic N) is 2. The van der Waals surface area contributed by atoms with Crippen molar-refractivity contribution < 1.29 is 14.7 Å². The number of imidazole rings is 1. The van der Waals surface area contributed by atoms with Crippen LogP contribution in [-0.2, 0) is 11.8 Å². The van der Waals surface area contributed by atoms with Gasteiger partial charge in [-0.25, -0.2) is 4.98 Å². The van der Waals surface area contributed by atoms with Crippen molar-refractivity contribution in [1.82, 2.24) is 14.9 Å². The van der Waals surface area contributed by atoms with Crippen molar-refractivity contribution in [1.29, 1.82) is 0 Å². The van der Waals surface area contributed by atoms with Crippen LogP contribution in [0.5, 0.6) is 0 Å². The van der Waals surface area contributed by atoms with Crippen LogP contribution in [0.2, 0.25) is 0 Å². The Bertz CT molecular complexity index is 386. The lowest BCUT2D eigenvalue weighted by atomic mass is 10.1. The number of aliphatic carboxylic acids is 1. The predicted molar refractivity (Wildman–Crippen MR) is 57.0 cm³/mol. The van der Waals surface area contributed by atoms with E-state index in [9.17, 15) is 9.59 Å². The van der Waals surface area contributed by atoms with Crippen molar-refractivity contribution >= 4 is 11.9 Å². The van der Waals surface area contributed by atoms with Gasteiger partial charge < -0.3 is 15.0 Å². The molecule has 0 aliphatic rings. The summed E-state index contributed by atoms with van der Waals surface area (Å²) in [7, 11) is 1.77. The van der Waals surface area contributed by atoms with Crippen molar-refractivity contribution in [3.63, 3.8) is 0 Å². The number of aromatic nitrogens is 2. The van der Waals surface area contributed by atoms with Crippen LogP contribution in [0.4, 0.5) is 0 Å². The Morgan fingerprint density at radius 2 is 2.31 bits per heavy atom. The third kappa shape index (κ3) is 3.38. The fourth-order valence-corrected chi connectivity index (χ4v) is 1.15. The maximum Gasteiger partial charge on any atom is 0.306 e. The first-order valence-electron chi connectivity index (χ1n) is 4.99. The Morgan fingerprint density at radius 3 is 2.81 bits per heavy atom. The zero-order chi connectivity index (χ0) is 12.1. The summed E-state index contributed by atoms with van der Waals surface area (Å²) in [5.74, 6) is -1.59. The minimum atomic E-state index is -0.855. The molecule has 1 rings (SSSR count). The first kappa shape index (κ1) is 12.2. The van der Waals surface area contributed by atoms with E-state index in [0.717, 1.165) is 0 Å². The van der Waals surface area contributed by atoms with Crippen molar-refractivity contribution in [3.8, 4) is 0 Å². The highest BCUT2D eigenvalue weighted by Gasteiger charge is 2.12. The van der Waals surface area contributed by atoms with E-state index in [0.29, 0.717) is 18.7 Å². The highest BCUT2D eigenvalue weighted by atomic mass is 16.4. The van der Waals surface area contributed by atoms with Crippen LogP contribution >= 0.6 is 0 Å².